The number of nitrogens with one attached hydrogen (secondary N) is 2. The monoisotopic (exact) mass is 352 g/mol. The molecule has 26 heavy (non-hydrogen) atoms. The van der Waals surface area contributed by atoms with Gasteiger partial charge in [-0.1, -0.05) is 5.16 Å². The molecule has 8 nitrogen and oxygen atoms in total. The van der Waals surface area contributed by atoms with Crippen LogP contribution in [0.1, 0.15) is 18.6 Å². The second-order valence-electron chi connectivity index (χ2n) is 6.30. The topological polar surface area (TPSA) is 99.9 Å². The number of rotatable bonds is 6. The maximum atomic E-state index is 12.1. The molecule has 8 heteroatoms. The lowest BCUT2D eigenvalue weighted by molar-refractivity contribution is -0.121. The van der Waals surface area contributed by atoms with E-state index >= 15 is 0 Å². The molecule has 1 aliphatic rings. The molecule has 3 aromatic heterocycles. The first kappa shape index (κ1) is 16.3. The second kappa shape index (κ2) is 7.38. The summed E-state index contributed by atoms with van der Waals surface area (Å²) in [4.78, 5) is 26.4. The summed E-state index contributed by atoms with van der Waals surface area (Å²) in [7, 11) is 0. The average molecular weight is 352 g/mol. The number of carbonyl (C=O) groups excluding carboxylic acids is 1. The zero-order chi connectivity index (χ0) is 17.8. The van der Waals surface area contributed by atoms with Gasteiger partial charge in [0.1, 0.15) is 5.76 Å². The Morgan fingerprint density at radius 1 is 1.35 bits per heavy atom. The van der Waals surface area contributed by atoms with Gasteiger partial charge < -0.3 is 19.7 Å². The maximum Gasteiger partial charge on any atom is 0.225 e. The number of amides is 1. The molecule has 1 unspecified atom stereocenters. The minimum Gasteiger partial charge on any atom is -0.361 e. The summed E-state index contributed by atoms with van der Waals surface area (Å²) in [5, 5.41) is 6.72. The van der Waals surface area contributed by atoms with Crippen LogP contribution in [0.3, 0.4) is 0 Å². The average Bonchev–Trinajstić information content (AvgIpc) is 3.42. The second-order valence-corrected chi connectivity index (χ2v) is 6.30. The first-order chi connectivity index (χ1) is 12.8. The predicted octanol–water partition coefficient (Wildman–Crippen LogP) is 1.79. The Kier molecular flexibility index (Phi) is 4.63. The van der Waals surface area contributed by atoms with Crippen molar-refractivity contribution < 1.29 is 9.32 Å². The quantitative estimate of drug-likeness (QED) is 0.701. The molecular formula is C18H20N6O2. The number of hydrogen-bond acceptors (Lipinski definition) is 6. The van der Waals surface area contributed by atoms with Crippen LogP contribution in [-0.2, 0) is 11.2 Å². The molecule has 0 spiro atoms. The highest BCUT2D eigenvalue weighted by molar-refractivity contribution is 5.76. The van der Waals surface area contributed by atoms with Crippen molar-refractivity contribution in [3.05, 3.63) is 48.6 Å². The van der Waals surface area contributed by atoms with E-state index in [0.717, 1.165) is 30.1 Å². The third kappa shape index (κ3) is 3.74. The van der Waals surface area contributed by atoms with Crippen molar-refractivity contribution in [2.45, 2.75) is 25.3 Å². The summed E-state index contributed by atoms with van der Waals surface area (Å²) in [6.45, 7) is 1.53. The van der Waals surface area contributed by atoms with Gasteiger partial charge in [0, 0.05) is 50.4 Å². The minimum atomic E-state index is 0.0225. The molecule has 1 aliphatic heterocycles. The molecule has 0 aromatic carbocycles. The van der Waals surface area contributed by atoms with Gasteiger partial charge in [-0.3, -0.25) is 4.79 Å². The first-order valence-electron chi connectivity index (χ1n) is 8.68. The highest BCUT2D eigenvalue weighted by atomic mass is 16.5. The minimum absolute atomic E-state index is 0.0225. The van der Waals surface area contributed by atoms with Crippen molar-refractivity contribution in [2.75, 3.05) is 18.0 Å². The molecule has 4 heterocycles. The van der Waals surface area contributed by atoms with Crippen LogP contribution in [0.15, 0.2) is 47.4 Å². The van der Waals surface area contributed by atoms with E-state index in [9.17, 15) is 4.79 Å². The van der Waals surface area contributed by atoms with E-state index in [4.69, 9.17) is 4.52 Å². The Bertz CT molecular complexity index is 846. The molecule has 2 N–H and O–H groups in total. The summed E-state index contributed by atoms with van der Waals surface area (Å²) in [6, 6.07) is 7.69. The van der Waals surface area contributed by atoms with Gasteiger partial charge in [0.2, 0.25) is 11.9 Å². The van der Waals surface area contributed by atoms with Crippen LogP contribution in [0.4, 0.5) is 5.95 Å². The molecule has 0 aliphatic carbocycles. The van der Waals surface area contributed by atoms with Crippen LogP contribution in [0, 0.1) is 0 Å². The number of aromatic nitrogens is 4. The number of nitrogens with zero attached hydrogens (tertiary/aromatic N) is 4. The maximum absolute atomic E-state index is 12.1. The molecule has 1 saturated heterocycles. The van der Waals surface area contributed by atoms with Crippen molar-refractivity contribution in [2.24, 2.45) is 0 Å². The molecule has 134 valence electrons. The molecule has 1 amide bonds. The van der Waals surface area contributed by atoms with Gasteiger partial charge in [-0.25, -0.2) is 9.97 Å². The number of carbonyl (C=O) groups is 1. The van der Waals surface area contributed by atoms with Gasteiger partial charge in [-0.05, 0) is 24.6 Å². The third-order valence-electron chi connectivity index (χ3n) is 4.44. The number of anilines is 1. The first-order valence-corrected chi connectivity index (χ1v) is 8.68. The Labute approximate surface area is 150 Å². The van der Waals surface area contributed by atoms with Gasteiger partial charge in [0.15, 0.2) is 0 Å². The largest absolute Gasteiger partial charge is 0.361 e. The summed E-state index contributed by atoms with van der Waals surface area (Å²) in [5.74, 6) is 1.44. The Hall–Kier alpha value is -3.16. The normalized spacial score (nSPS) is 16.8. The van der Waals surface area contributed by atoms with Crippen LogP contribution >= 0.6 is 0 Å². The van der Waals surface area contributed by atoms with Gasteiger partial charge >= 0.3 is 0 Å². The smallest absolute Gasteiger partial charge is 0.225 e. The van der Waals surface area contributed by atoms with E-state index in [1.807, 2.05) is 24.4 Å². The molecule has 3 aromatic rings. The van der Waals surface area contributed by atoms with E-state index in [0.29, 0.717) is 25.3 Å². The van der Waals surface area contributed by atoms with E-state index in [2.05, 4.69) is 30.3 Å². The van der Waals surface area contributed by atoms with Crippen LogP contribution in [0.2, 0.25) is 0 Å². The van der Waals surface area contributed by atoms with Crippen molar-refractivity contribution in [3.8, 4) is 11.4 Å². The Morgan fingerprint density at radius 2 is 2.31 bits per heavy atom. The fourth-order valence-corrected chi connectivity index (χ4v) is 3.11. The Balaban J connectivity index is 1.32. The van der Waals surface area contributed by atoms with Crippen LogP contribution in [0.25, 0.3) is 11.4 Å². The van der Waals surface area contributed by atoms with Crippen LogP contribution in [0.5, 0.6) is 0 Å². The fourth-order valence-electron chi connectivity index (χ4n) is 3.11. The van der Waals surface area contributed by atoms with Gasteiger partial charge in [0.25, 0.3) is 0 Å². The van der Waals surface area contributed by atoms with Crippen LogP contribution < -0.4 is 10.2 Å². The summed E-state index contributed by atoms with van der Waals surface area (Å²) < 4.78 is 5.01. The SMILES string of the molecule is O=C(CCc1ccno1)NC1CCN(c2nccc(-c3ccc[nH]3)n2)C1. The fraction of sp³-hybridized carbons (Fsp3) is 0.333. The summed E-state index contributed by atoms with van der Waals surface area (Å²) in [6.07, 6.45) is 7.06. The van der Waals surface area contributed by atoms with E-state index in [1.54, 1.807) is 18.5 Å². The van der Waals surface area contributed by atoms with Crippen molar-refractivity contribution >= 4 is 11.9 Å². The highest BCUT2D eigenvalue weighted by Crippen LogP contribution is 2.20. The van der Waals surface area contributed by atoms with Crippen molar-refractivity contribution in [1.29, 1.82) is 0 Å². The number of aromatic amines is 1. The predicted molar refractivity (Wildman–Crippen MR) is 95.4 cm³/mol. The molecule has 1 fully saturated rings. The zero-order valence-corrected chi connectivity index (χ0v) is 14.3. The summed E-state index contributed by atoms with van der Waals surface area (Å²) >= 11 is 0. The van der Waals surface area contributed by atoms with Crippen molar-refractivity contribution in [1.82, 2.24) is 25.4 Å². The standard InChI is InChI=1S/C18H20N6O2/c25-17(4-3-14-5-10-21-26-14)22-13-7-11-24(12-13)18-20-9-6-16(23-18)15-2-1-8-19-15/h1-2,5-6,8-10,13,19H,3-4,7,11-12H2,(H,22,25). The van der Waals surface area contributed by atoms with E-state index < -0.39 is 0 Å². The van der Waals surface area contributed by atoms with Crippen molar-refractivity contribution in [3.63, 3.8) is 0 Å². The third-order valence-corrected chi connectivity index (χ3v) is 4.44. The molecule has 0 radical (unpaired) electrons. The lowest BCUT2D eigenvalue weighted by Gasteiger charge is -2.17. The molecule has 4 rings (SSSR count). The molecule has 0 saturated carbocycles. The summed E-state index contributed by atoms with van der Waals surface area (Å²) in [5.41, 5.74) is 1.82. The van der Waals surface area contributed by atoms with E-state index in [1.165, 1.54) is 0 Å². The van der Waals surface area contributed by atoms with E-state index in [-0.39, 0.29) is 11.9 Å². The van der Waals surface area contributed by atoms with Crippen LogP contribution in [-0.4, -0.2) is 45.1 Å². The lowest BCUT2D eigenvalue weighted by atomic mass is 10.2. The lowest BCUT2D eigenvalue weighted by Crippen LogP contribution is -2.37. The molecule has 0 bridgehead atoms. The number of aryl methyl sites for hydroxylation is 1. The number of H-pyrrole nitrogens is 1. The highest BCUT2D eigenvalue weighted by Gasteiger charge is 2.25. The zero-order valence-electron chi connectivity index (χ0n) is 14.3. The Morgan fingerprint density at radius 3 is 3.12 bits per heavy atom. The molecular weight excluding hydrogens is 332 g/mol. The van der Waals surface area contributed by atoms with Gasteiger partial charge in [-0.15, -0.1) is 0 Å². The van der Waals surface area contributed by atoms with Gasteiger partial charge in [0.05, 0.1) is 17.6 Å². The molecule has 1 atom stereocenters. The van der Waals surface area contributed by atoms with Gasteiger partial charge in [-0.2, -0.15) is 0 Å². The number of hydrogen-bond donors (Lipinski definition) is 2.